The monoisotopic (exact) mass is 356 g/mol. The van der Waals surface area contributed by atoms with Gasteiger partial charge in [-0.3, -0.25) is 9.79 Å². The second-order valence-electron chi connectivity index (χ2n) is 7.06. The maximum atomic E-state index is 12.6. The Hall–Kier alpha value is -3.34. The van der Waals surface area contributed by atoms with E-state index in [-0.39, 0.29) is 18.0 Å². The molecule has 5 nitrogen and oxygen atoms in total. The molecule has 134 valence electrons. The van der Waals surface area contributed by atoms with Crippen molar-refractivity contribution in [2.75, 3.05) is 0 Å². The molecule has 2 aromatic carbocycles. The minimum absolute atomic E-state index is 0.00683. The van der Waals surface area contributed by atoms with E-state index in [0.29, 0.717) is 6.42 Å². The van der Waals surface area contributed by atoms with Crippen LogP contribution >= 0.6 is 0 Å². The van der Waals surface area contributed by atoms with Gasteiger partial charge in [0.2, 0.25) is 5.91 Å². The Kier molecular flexibility index (Phi) is 3.78. The third-order valence-electron chi connectivity index (χ3n) is 5.28. The lowest BCUT2D eigenvalue weighted by Crippen LogP contribution is -2.47. The summed E-state index contributed by atoms with van der Waals surface area (Å²) in [5.74, 6) is -0.00683. The van der Waals surface area contributed by atoms with Crippen molar-refractivity contribution in [2.24, 2.45) is 4.99 Å². The van der Waals surface area contributed by atoms with Crippen LogP contribution in [0.4, 0.5) is 0 Å². The van der Waals surface area contributed by atoms with Crippen molar-refractivity contribution in [1.82, 2.24) is 15.3 Å². The first kappa shape index (κ1) is 15.9. The number of hydrogen-bond acceptors (Lipinski definition) is 2. The third-order valence-corrected chi connectivity index (χ3v) is 5.28. The summed E-state index contributed by atoms with van der Waals surface area (Å²) in [5.41, 5.74) is 4.52. The van der Waals surface area contributed by atoms with Gasteiger partial charge in [-0.2, -0.15) is 0 Å². The molecule has 0 fully saturated rings. The standard InChI is InChI=1S/C22H20N4O/c27-22-21(10-15-12-24-20-8-4-2-6-18(15)20)25-13-16(26-22)9-14-11-23-19-7-3-1-5-17(14)19/h1-8,11-13,16,21,23-24H,9-10H2,(H,26,27)/t16-,21-/m0/s1. The highest BCUT2D eigenvalue weighted by molar-refractivity contribution is 5.92. The molecule has 27 heavy (non-hydrogen) atoms. The number of nitrogens with zero attached hydrogens (tertiary/aromatic N) is 1. The fraction of sp³-hybridized carbons (Fsp3) is 0.182. The van der Waals surface area contributed by atoms with Crippen LogP contribution in [0.3, 0.4) is 0 Å². The number of hydrogen-bond donors (Lipinski definition) is 3. The van der Waals surface area contributed by atoms with E-state index in [1.54, 1.807) is 0 Å². The molecule has 0 saturated carbocycles. The van der Waals surface area contributed by atoms with Gasteiger partial charge < -0.3 is 15.3 Å². The van der Waals surface area contributed by atoms with Crippen LogP contribution in [0.15, 0.2) is 65.9 Å². The molecule has 0 saturated heterocycles. The lowest BCUT2D eigenvalue weighted by atomic mass is 10.0. The number of amides is 1. The lowest BCUT2D eigenvalue weighted by Gasteiger charge is -2.23. The predicted octanol–water partition coefficient (Wildman–Crippen LogP) is 3.37. The van der Waals surface area contributed by atoms with E-state index in [4.69, 9.17) is 0 Å². The molecule has 5 rings (SSSR count). The second kappa shape index (κ2) is 6.43. The summed E-state index contributed by atoms with van der Waals surface area (Å²) < 4.78 is 0. The number of aromatic amines is 2. The van der Waals surface area contributed by atoms with E-state index in [9.17, 15) is 4.79 Å². The third kappa shape index (κ3) is 2.91. The number of rotatable bonds is 4. The lowest BCUT2D eigenvalue weighted by molar-refractivity contribution is -0.122. The number of aliphatic imine (C=N–C) groups is 1. The molecule has 5 heteroatoms. The summed E-state index contributed by atoms with van der Waals surface area (Å²) in [4.78, 5) is 23.7. The van der Waals surface area contributed by atoms with Crippen LogP contribution < -0.4 is 5.32 Å². The van der Waals surface area contributed by atoms with E-state index >= 15 is 0 Å². The Labute approximate surface area is 156 Å². The number of benzene rings is 2. The topological polar surface area (TPSA) is 73.0 Å². The fourth-order valence-corrected chi connectivity index (χ4v) is 3.89. The molecule has 3 heterocycles. The van der Waals surface area contributed by atoms with Crippen LogP contribution in [-0.4, -0.2) is 34.2 Å². The van der Waals surface area contributed by atoms with Crippen LogP contribution in [0.5, 0.6) is 0 Å². The molecule has 1 amide bonds. The molecule has 0 spiro atoms. The maximum absolute atomic E-state index is 12.6. The van der Waals surface area contributed by atoms with Crippen molar-refractivity contribution in [3.05, 3.63) is 72.1 Å². The number of para-hydroxylation sites is 2. The average Bonchev–Trinajstić information content (AvgIpc) is 3.29. The molecule has 0 unspecified atom stereocenters. The van der Waals surface area contributed by atoms with Crippen molar-refractivity contribution in [3.8, 4) is 0 Å². The number of carbonyl (C=O) groups excluding carboxylic acids is 1. The highest BCUT2D eigenvalue weighted by atomic mass is 16.2. The fourth-order valence-electron chi connectivity index (χ4n) is 3.89. The van der Waals surface area contributed by atoms with Gasteiger partial charge in [0, 0.05) is 46.8 Å². The molecule has 2 aromatic heterocycles. The first-order valence-electron chi connectivity index (χ1n) is 9.21. The minimum Gasteiger partial charge on any atom is -0.361 e. The molecular formula is C22H20N4O. The molecule has 0 bridgehead atoms. The van der Waals surface area contributed by atoms with Crippen LogP contribution in [-0.2, 0) is 17.6 Å². The van der Waals surface area contributed by atoms with Gasteiger partial charge in [-0.1, -0.05) is 36.4 Å². The van der Waals surface area contributed by atoms with Crippen LogP contribution in [0.25, 0.3) is 21.8 Å². The van der Waals surface area contributed by atoms with Gasteiger partial charge in [-0.25, -0.2) is 0 Å². The Morgan fingerprint density at radius 1 is 0.815 bits per heavy atom. The molecule has 1 aliphatic heterocycles. The van der Waals surface area contributed by atoms with E-state index < -0.39 is 0 Å². The van der Waals surface area contributed by atoms with Gasteiger partial charge in [0.1, 0.15) is 6.04 Å². The van der Waals surface area contributed by atoms with Gasteiger partial charge in [0.05, 0.1) is 6.04 Å². The van der Waals surface area contributed by atoms with Crippen molar-refractivity contribution >= 4 is 33.9 Å². The quantitative estimate of drug-likeness (QED) is 0.515. The van der Waals surface area contributed by atoms with Crippen LogP contribution in [0, 0.1) is 0 Å². The van der Waals surface area contributed by atoms with Gasteiger partial charge in [0.25, 0.3) is 0 Å². The number of carbonyl (C=O) groups is 1. The van der Waals surface area contributed by atoms with Gasteiger partial charge >= 0.3 is 0 Å². The van der Waals surface area contributed by atoms with E-state index in [1.165, 1.54) is 10.9 Å². The Morgan fingerprint density at radius 3 is 2.04 bits per heavy atom. The number of fused-ring (bicyclic) bond motifs is 2. The summed E-state index contributed by atoms with van der Waals surface area (Å²) in [6, 6.07) is 15.9. The van der Waals surface area contributed by atoms with Crippen molar-refractivity contribution in [2.45, 2.75) is 24.9 Å². The van der Waals surface area contributed by atoms with E-state index in [2.05, 4.69) is 38.5 Å². The SMILES string of the molecule is O=C1N[C@@H](Cc2c[nH]c3ccccc23)C=N[C@H]1Cc1c[nH]c2ccccc12. The van der Waals surface area contributed by atoms with Crippen molar-refractivity contribution in [1.29, 1.82) is 0 Å². The number of aromatic nitrogens is 2. The zero-order valence-electron chi connectivity index (χ0n) is 14.8. The molecule has 0 aliphatic carbocycles. The summed E-state index contributed by atoms with van der Waals surface area (Å²) in [5, 5.41) is 5.47. The summed E-state index contributed by atoms with van der Waals surface area (Å²) in [6.07, 6.45) is 7.22. The first-order valence-corrected chi connectivity index (χ1v) is 9.21. The molecule has 2 atom stereocenters. The summed E-state index contributed by atoms with van der Waals surface area (Å²) >= 11 is 0. The average molecular weight is 356 g/mol. The van der Waals surface area contributed by atoms with E-state index in [0.717, 1.165) is 28.4 Å². The van der Waals surface area contributed by atoms with Crippen LogP contribution in [0.2, 0.25) is 0 Å². The van der Waals surface area contributed by atoms with Gasteiger partial charge in [-0.15, -0.1) is 0 Å². The Bertz CT molecular complexity index is 1150. The molecule has 4 aromatic rings. The Morgan fingerprint density at radius 2 is 1.41 bits per heavy atom. The molecule has 1 aliphatic rings. The zero-order valence-corrected chi connectivity index (χ0v) is 14.8. The largest absolute Gasteiger partial charge is 0.361 e. The van der Waals surface area contributed by atoms with Crippen molar-refractivity contribution in [3.63, 3.8) is 0 Å². The normalized spacial score (nSPS) is 19.6. The second-order valence-corrected chi connectivity index (χ2v) is 7.06. The summed E-state index contributed by atoms with van der Waals surface area (Å²) in [7, 11) is 0. The first-order chi connectivity index (χ1) is 13.3. The predicted molar refractivity (Wildman–Crippen MR) is 108 cm³/mol. The van der Waals surface area contributed by atoms with Gasteiger partial charge in [0.15, 0.2) is 0 Å². The van der Waals surface area contributed by atoms with Gasteiger partial charge in [-0.05, 0) is 29.7 Å². The molecular weight excluding hydrogens is 336 g/mol. The number of H-pyrrole nitrogens is 2. The molecule has 0 radical (unpaired) electrons. The maximum Gasteiger partial charge on any atom is 0.245 e. The highest BCUT2D eigenvalue weighted by Gasteiger charge is 2.26. The smallest absolute Gasteiger partial charge is 0.245 e. The zero-order chi connectivity index (χ0) is 18.2. The van der Waals surface area contributed by atoms with Crippen molar-refractivity contribution < 1.29 is 4.79 Å². The Balaban J connectivity index is 1.33. The summed E-state index contributed by atoms with van der Waals surface area (Å²) in [6.45, 7) is 0. The van der Waals surface area contributed by atoms with Crippen LogP contribution in [0.1, 0.15) is 11.1 Å². The number of nitrogens with one attached hydrogen (secondary N) is 3. The highest BCUT2D eigenvalue weighted by Crippen LogP contribution is 2.22. The molecule has 3 N–H and O–H groups in total. The minimum atomic E-state index is -0.372. The van der Waals surface area contributed by atoms with E-state index in [1.807, 2.05) is 48.9 Å².